The molecule has 0 saturated carbocycles. The minimum Gasteiger partial charge on any atom is -0.508 e. The van der Waals surface area contributed by atoms with E-state index < -0.39 is 6.10 Å². The van der Waals surface area contributed by atoms with Crippen LogP contribution >= 0.6 is 0 Å². The van der Waals surface area contributed by atoms with E-state index in [9.17, 15) is 9.90 Å². The van der Waals surface area contributed by atoms with Crippen molar-refractivity contribution in [1.82, 2.24) is 10.6 Å². The first-order valence-electron chi connectivity index (χ1n) is 7.09. The first-order chi connectivity index (χ1) is 9.61. The Balaban J connectivity index is 2.08. The Morgan fingerprint density at radius 3 is 2.60 bits per heavy atom. The summed E-state index contributed by atoms with van der Waals surface area (Å²) < 4.78 is 0. The summed E-state index contributed by atoms with van der Waals surface area (Å²) in [4.78, 5) is 11.4. The zero-order valence-electron chi connectivity index (χ0n) is 11.9. The molecule has 2 amide bonds. The van der Waals surface area contributed by atoms with Crippen LogP contribution in [0.25, 0.3) is 0 Å². The van der Waals surface area contributed by atoms with Crippen molar-refractivity contribution >= 4 is 6.03 Å². The van der Waals surface area contributed by atoms with Crippen LogP contribution in [0.15, 0.2) is 24.3 Å². The smallest absolute Gasteiger partial charge is 0.314 e. The molecule has 1 atom stereocenters. The van der Waals surface area contributed by atoms with E-state index in [1.165, 1.54) is 0 Å². The molecule has 0 aliphatic rings. The molecule has 0 saturated heterocycles. The van der Waals surface area contributed by atoms with E-state index in [4.69, 9.17) is 5.11 Å². The molecule has 0 heterocycles. The summed E-state index contributed by atoms with van der Waals surface area (Å²) >= 11 is 0. The molecular weight excluding hydrogens is 256 g/mol. The van der Waals surface area contributed by atoms with Crippen LogP contribution in [0.1, 0.15) is 31.7 Å². The number of aryl methyl sites for hydroxylation is 1. The highest BCUT2D eigenvalue weighted by Crippen LogP contribution is 2.10. The van der Waals surface area contributed by atoms with Crippen LogP contribution in [0.5, 0.6) is 5.75 Å². The van der Waals surface area contributed by atoms with Gasteiger partial charge in [0.15, 0.2) is 0 Å². The third kappa shape index (κ3) is 6.99. The Bertz CT molecular complexity index is 393. The van der Waals surface area contributed by atoms with Crippen molar-refractivity contribution in [2.75, 3.05) is 13.1 Å². The number of urea groups is 1. The van der Waals surface area contributed by atoms with Gasteiger partial charge in [-0.3, -0.25) is 0 Å². The first-order valence-corrected chi connectivity index (χ1v) is 7.09. The molecule has 5 heteroatoms. The third-order valence-electron chi connectivity index (χ3n) is 2.98. The minimum absolute atomic E-state index is 0.245. The number of hydrogen-bond acceptors (Lipinski definition) is 3. The van der Waals surface area contributed by atoms with Crippen molar-refractivity contribution in [3.8, 4) is 5.75 Å². The third-order valence-corrected chi connectivity index (χ3v) is 2.98. The molecule has 0 spiro atoms. The number of benzene rings is 1. The van der Waals surface area contributed by atoms with Gasteiger partial charge in [-0.25, -0.2) is 4.79 Å². The lowest BCUT2D eigenvalue weighted by atomic mass is 10.1. The van der Waals surface area contributed by atoms with E-state index in [0.29, 0.717) is 13.0 Å². The molecule has 20 heavy (non-hydrogen) atoms. The van der Waals surface area contributed by atoms with Gasteiger partial charge in [-0.05, 0) is 37.0 Å². The van der Waals surface area contributed by atoms with E-state index in [2.05, 4.69) is 10.6 Å². The number of hydrogen-bond donors (Lipinski definition) is 4. The summed E-state index contributed by atoms with van der Waals surface area (Å²) in [6, 6.07) is 6.81. The number of phenols is 1. The molecule has 5 nitrogen and oxygen atoms in total. The van der Waals surface area contributed by atoms with Gasteiger partial charge < -0.3 is 20.8 Å². The molecule has 0 aliphatic heterocycles. The van der Waals surface area contributed by atoms with Crippen LogP contribution in [0, 0.1) is 0 Å². The van der Waals surface area contributed by atoms with Crippen LogP contribution in [0.4, 0.5) is 4.79 Å². The number of aromatic hydroxyl groups is 1. The van der Waals surface area contributed by atoms with Crippen LogP contribution in [0.3, 0.4) is 0 Å². The molecule has 112 valence electrons. The van der Waals surface area contributed by atoms with E-state index in [1.807, 2.05) is 19.1 Å². The molecule has 0 aromatic heterocycles. The van der Waals surface area contributed by atoms with Gasteiger partial charge in [0, 0.05) is 13.1 Å². The maximum absolute atomic E-state index is 11.4. The Morgan fingerprint density at radius 1 is 1.25 bits per heavy atom. The van der Waals surface area contributed by atoms with Gasteiger partial charge in [-0.1, -0.05) is 25.5 Å². The number of phenolic OH excluding ortho intramolecular Hbond substituents is 1. The van der Waals surface area contributed by atoms with Gasteiger partial charge >= 0.3 is 6.03 Å². The predicted octanol–water partition coefficient (Wildman–Crippen LogP) is 1.79. The van der Waals surface area contributed by atoms with E-state index in [1.54, 1.807) is 12.1 Å². The van der Waals surface area contributed by atoms with E-state index in [0.717, 1.165) is 24.8 Å². The summed E-state index contributed by atoms with van der Waals surface area (Å²) in [5.41, 5.74) is 1.13. The summed E-state index contributed by atoms with van der Waals surface area (Å²) in [7, 11) is 0. The van der Waals surface area contributed by atoms with Gasteiger partial charge in [-0.2, -0.15) is 0 Å². The molecular formula is C15H24N2O3. The van der Waals surface area contributed by atoms with Crippen LogP contribution < -0.4 is 10.6 Å². The maximum Gasteiger partial charge on any atom is 0.314 e. The fraction of sp³-hybridized carbons (Fsp3) is 0.533. The fourth-order valence-electron chi connectivity index (χ4n) is 1.87. The summed E-state index contributed by atoms with van der Waals surface area (Å²) in [6.07, 6.45) is 2.80. The molecule has 4 N–H and O–H groups in total. The second kappa shape index (κ2) is 9.20. The van der Waals surface area contributed by atoms with Crippen LogP contribution in [-0.2, 0) is 6.42 Å². The Labute approximate surface area is 120 Å². The van der Waals surface area contributed by atoms with Crippen molar-refractivity contribution in [1.29, 1.82) is 0 Å². The molecule has 0 bridgehead atoms. The van der Waals surface area contributed by atoms with Gasteiger partial charge in [0.05, 0.1) is 6.10 Å². The van der Waals surface area contributed by atoms with Gasteiger partial charge in [0.25, 0.3) is 0 Å². The lowest BCUT2D eigenvalue weighted by Crippen LogP contribution is -2.40. The standard InChI is InChI=1S/C15H24N2O3/c1-2-4-14(19)11-17-15(20)16-10-3-5-12-6-8-13(18)9-7-12/h6-9,14,18-19H,2-5,10-11H2,1H3,(H2,16,17,20). The highest BCUT2D eigenvalue weighted by molar-refractivity contribution is 5.73. The van der Waals surface area contributed by atoms with E-state index >= 15 is 0 Å². The molecule has 0 aliphatic carbocycles. The topological polar surface area (TPSA) is 81.6 Å². The van der Waals surface area contributed by atoms with Crippen molar-refractivity contribution < 1.29 is 15.0 Å². The van der Waals surface area contributed by atoms with Crippen molar-refractivity contribution in [2.45, 2.75) is 38.7 Å². The minimum atomic E-state index is -0.470. The zero-order chi connectivity index (χ0) is 14.8. The quantitative estimate of drug-likeness (QED) is 0.548. The lowest BCUT2D eigenvalue weighted by Gasteiger charge is -2.11. The molecule has 1 rings (SSSR count). The Morgan fingerprint density at radius 2 is 1.95 bits per heavy atom. The molecule has 0 radical (unpaired) electrons. The first kappa shape index (κ1) is 16.3. The van der Waals surface area contributed by atoms with Gasteiger partial charge in [-0.15, -0.1) is 0 Å². The molecule has 0 fully saturated rings. The summed E-state index contributed by atoms with van der Waals surface area (Å²) in [5, 5.41) is 24.0. The maximum atomic E-state index is 11.4. The summed E-state index contributed by atoms with van der Waals surface area (Å²) in [6.45, 7) is 2.86. The average Bonchev–Trinajstić information content (AvgIpc) is 2.43. The highest BCUT2D eigenvalue weighted by Gasteiger charge is 2.05. The largest absolute Gasteiger partial charge is 0.508 e. The average molecular weight is 280 g/mol. The van der Waals surface area contributed by atoms with Crippen LogP contribution in [0.2, 0.25) is 0 Å². The lowest BCUT2D eigenvalue weighted by molar-refractivity contribution is 0.160. The fourth-order valence-corrected chi connectivity index (χ4v) is 1.87. The number of carbonyl (C=O) groups excluding carboxylic acids is 1. The Kier molecular flexibility index (Phi) is 7.50. The van der Waals surface area contributed by atoms with Crippen LogP contribution in [-0.4, -0.2) is 35.4 Å². The predicted molar refractivity (Wildman–Crippen MR) is 78.7 cm³/mol. The second-order valence-corrected chi connectivity index (χ2v) is 4.85. The zero-order valence-corrected chi connectivity index (χ0v) is 11.9. The van der Waals surface area contributed by atoms with Crippen molar-refractivity contribution in [3.63, 3.8) is 0 Å². The number of amides is 2. The monoisotopic (exact) mass is 280 g/mol. The molecule has 1 unspecified atom stereocenters. The summed E-state index contributed by atoms with van der Waals surface area (Å²) in [5.74, 6) is 0.261. The SMILES string of the molecule is CCCC(O)CNC(=O)NCCCc1ccc(O)cc1. The highest BCUT2D eigenvalue weighted by atomic mass is 16.3. The molecule has 1 aromatic carbocycles. The number of nitrogens with one attached hydrogen (secondary N) is 2. The number of rotatable bonds is 8. The Hall–Kier alpha value is -1.75. The number of carbonyl (C=O) groups is 1. The van der Waals surface area contributed by atoms with E-state index in [-0.39, 0.29) is 18.3 Å². The van der Waals surface area contributed by atoms with Gasteiger partial charge in [0.1, 0.15) is 5.75 Å². The second-order valence-electron chi connectivity index (χ2n) is 4.85. The molecule has 1 aromatic rings. The van der Waals surface area contributed by atoms with Gasteiger partial charge in [0.2, 0.25) is 0 Å². The van der Waals surface area contributed by atoms with Crippen molar-refractivity contribution in [2.24, 2.45) is 0 Å². The number of aliphatic hydroxyl groups excluding tert-OH is 1. The normalized spacial score (nSPS) is 11.9. The van der Waals surface area contributed by atoms with Crippen molar-refractivity contribution in [3.05, 3.63) is 29.8 Å². The number of aliphatic hydroxyl groups is 1.